The van der Waals surface area contributed by atoms with Crippen molar-refractivity contribution in [1.29, 1.82) is 0 Å². The number of nitrogens with one attached hydrogen (secondary N) is 1. The molecule has 2 nitrogen and oxygen atoms in total. The maximum absolute atomic E-state index is 5.45. The standard InChI is InChI=1S/C12H13NOS/c1-3-14-9-4-5-11-10(6-9)12(15)8(2)7-13-11/h4-7H,3H2,1-2H3,(H,13,15). The van der Waals surface area contributed by atoms with Gasteiger partial charge in [-0.2, -0.15) is 0 Å². The number of benzene rings is 1. The molecule has 78 valence electrons. The Balaban J connectivity index is 2.68. The average molecular weight is 219 g/mol. The molecule has 3 heteroatoms. The summed E-state index contributed by atoms with van der Waals surface area (Å²) in [5, 5.41) is 1.05. The van der Waals surface area contributed by atoms with Gasteiger partial charge in [0.25, 0.3) is 0 Å². The van der Waals surface area contributed by atoms with Crippen LogP contribution in [-0.4, -0.2) is 11.6 Å². The molecule has 0 atom stereocenters. The van der Waals surface area contributed by atoms with Crippen LogP contribution in [-0.2, 0) is 0 Å². The maximum atomic E-state index is 5.45. The van der Waals surface area contributed by atoms with Gasteiger partial charge in [-0.05, 0) is 37.6 Å². The topological polar surface area (TPSA) is 25.0 Å². The number of pyridine rings is 1. The van der Waals surface area contributed by atoms with E-state index in [1.165, 1.54) is 0 Å². The van der Waals surface area contributed by atoms with Gasteiger partial charge >= 0.3 is 0 Å². The van der Waals surface area contributed by atoms with Crippen molar-refractivity contribution in [2.45, 2.75) is 13.8 Å². The summed E-state index contributed by atoms with van der Waals surface area (Å²) in [5.41, 5.74) is 2.14. The third-order valence-electron chi connectivity index (χ3n) is 2.35. The first-order valence-corrected chi connectivity index (χ1v) is 5.38. The second-order valence-electron chi connectivity index (χ2n) is 3.44. The van der Waals surface area contributed by atoms with Gasteiger partial charge in [0.05, 0.1) is 11.1 Å². The number of aromatic nitrogens is 1. The Kier molecular flexibility index (Phi) is 2.73. The van der Waals surface area contributed by atoms with Crippen LogP contribution in [0.5, 0.6) is 5.75 Å². The highest BCUT2D eigenvalue weighted by Gasteiger charge is 2.00. The summed E-state index contributed by atoms with van der Waals surface area (Å²) in [6.07, 6.45) is 1.94. The van der Waals surface area contributed by atoms with Crippen LogP contribution in [0.1, 0.15) is 12.5 Å². The molecule has 1 aromatic heterocycles. The van der Waals surface area contributed by atoms with Gasteiger partial charge in [-0.15, -0.1) is 0 Å². The van der Waals surface area contributed by atoms with Crippen molar-refractivity contribution in [2.75, 3.05) is 6.61 Å². The Morgan fingerprint density at radius 3 is 2.93 bits per heavy atom. The predicted molar refractivity (Wildman–Crippen MR) is 65.0 cm³/mol. The SMILES string of the molecule is CCOc1ccc2[nH]cc(C)c(=S)c2c1. The van der Waals surface area contributed by atoms with Crippen molar-refractivity contribution in [1.82, 2.24) is 4.98 Å². The average Bonchev–Trinajstić information content (AvgIpc) is 2.25. The van der Waals surface area contributed by atoms with Crippen LogP contribution in [0.2, 0.25) is 0 Å². The van der Waals surface area contributed by atoms with Crippen molar-refractivity contribution < 1.29 is 4.74 Å². The Bertz CT molecular complexity index is 545. The molecule has 15 heavy (non-hydrogen) atoms. The van der Waals surface area contributed by atoms with Crippen LogP contribution < -0.4 is 4.74 Å². The number of aryl methyl sites for hydroxylation is 1. The molecule has 1 N–H and O–H groups in total. The third-order valence-corrected chi connectivity index (χ3v) is 2.89. The zero-order valence-corrected chi connectivity index (χ0v) is 9.65. The highest BCUT2D eigenvalue weighted by Crippen LogP contribution is 2.21. The Labute approximate surface area is 93.9 Å². The van der Waals surface area contributed by atoms with Crippen LogP contribution in [0.15, 0.2) is 24.4 Å². The van der Waals surface area contributed by atoms with Crippen molar-refractivity contribution >= 4 is 23.1 Å². The first-order chi connectivity index (χ1) is 7.22. The quantitative estimate of drug-likeness (QED) is 0.780. The normalized spacial score (nSPS) is 10.5. The molecular formula is C12H13NOS. The lowest BCUT2D eigenvalue weighted by atomic mass is 10.1. The second kappa shape index (κ2) is 4.03. The van der Waals surface area contributed by atoms with Crippen molar-refractivity contribution in [3.05, 3.63) is 34.5 Å². The summed E-state index contributed by atoms with van der Waals surface area (Å²) < 4.78 is 6.34. The van der Waals surface area contributed by atoms with E-state index in [4.69, 9.17) is 17.0 Å². The summed E-state index contributed by atoms with van der Waals surface area (Å²) in [6.45, 7) is 4.65. The molecular weight excluding hydrogens is 206 g/mol. The smallest absolute Gasteiger partial charge is 0.120 e. The number of H-pyrrole nitrogens is 1. The summed E-state index contributed by atoms with van der Waals surface area (Å²) in [7, 11) is 0. The van der Waals surface area contributed by atoms with Crippen LogP contribution in [0.4, 0.5) is 0 Å². The van der Waals surface area contributed by atoms with Gasteiger partial charge in [-0.3, -0.25) is 0 Å². The summed E-state index contributed by atoms with van der Waals surface area (Å²) in [4.78, 5) is 3.21. The fourth-order valence-corrected chi connectivity index (χ4v) is 1.79. The molecule has 0 unspecified atom stereocenters. The molecule has 1 aromatic carbocycles. The number of ether oxygens (including phenoxy) is 1. The van der Waals surface area contributed by atoms with Gasteiger partial charge in [-0.25, -0.2) is 0 Å². The summed E-state index contributed by atoms with van der Waals surface area (Å²) in [5.74, 6) is 0.870. The molecule has 0 bridgehead atoms. The molecule has 0 fully saturated rings. The predicted octanol–water partition coefficient (Wildman–Crippen LogP) is 3.60. The van der Waals surface area contributed by atoms with Gasteiger partial charge < -0.3 is 9.72 Å². The van der Waals surface area contributed by atoms with Gasteiger partial charge in [-0.1, -0.05) is 12.2 Å². The third kappa shape index (κ3) is 1.88. The van der Waals surface area contributed by atoms with E-state index in [-0.39, 0.29) is 0 Å². The number of hydrogen-bond acceptors (Lipinski definition) is 2. The van der Waals surface area contributed by atoms with Crippen LogP contribution in [0, 0.1) is 11.4 Å². The second-order valence-corrected chi connectivity index (χ2v) is 3.85. The van der Waals surface area contributed by atoms with Crippen LogP contribution in [0.3, 0.4) is 0 Å². The lowest BCUT2D eigenvalue weighted by Gasteiger charge is -2.05. The van der Waals surface area contributed by atoms with Crippen molar-refractivity contribution in [3.8, 4) is 5.75 Å². The minimum atomic E-state index is 0.674. The molecule has 1 heterocycles. The van der Waals surface area contributed by atoms with E-state index in [2.05, 4.69) is 4.98 Å². The first kappa shape index (κ1) is 10.2. The van der Waals surface area contributed by atoms with E-state index < -0.39 is 0 Å². The van der Waals surface area contributed by atoms with E-state index in [9.17, 15) is 0 Å². The largest absolute Gasteiger partial charge is 0.494 e. The fourth-order valence-electron chi connectivity index (χ4n) is 1.56. The molecule has 2 aromatic rings. The van der Waals surface area contributed by atoms with Crippen LogP contribution in [0.25, 0.3) is 10.9 Å². The molecule has 0 saturated carbocycles. The number of fused-ring (bicyclic) bond motifs is 1. The monoisotopic (exact) mass is 219 g/mol. The van der Waals surface area contributed by atoms with Crippen molar-refractivity contribution in [2.24, 2.45) is 0 Å². The van der Waals surface area contributed by atoms with Crippen molar-refractivity contribution in [3.63, 3.8) is 0 Å². The Morgan fingerprint density at radius 1 is 1.40 bits per heavy atom. The summed E-state index contributed by atoms with van der Waals surface area (Å²) >= 11 is 5.36. The van der Waals surface area contributed by atoms with Gasteiger partial charge in [0.1, 0.15) is 5.75 Å². The van der Waals surface area contributed by atoms with E-state index in [1.54, 1.807) is 0 Å². The fraction of sp³-hybridized carbons (Fsp3) is 0.250. The molecule has 2 rings (SSSR count). The minimum absolute atomic E-state index is 0.674. The van der Waals surface area contributed by atoms with E-state index in [0.717, 1.165) is 26.7 Å². The number of hydrogen-bond donors (Lipinski definition) is 1. The number of rotatable bonds is 2. The van der Waals surface area contributed by atoms with Crippen LogP contribution >= 0.6 is 12.2 Å². The molecule has 0 saturated heterocycles. The first-order valence-electron chi connectivity index (χ1n) is 4.97. The highest BCUT2D eigenvalue weighted by atomic mass is 32.1. The van der Waals surface area contributed by atoms with E-state index in [0.29, 0.717) is 6.61 Å². The molecule has 0 spiro atoms. The number of aromatic amines is 1. The van der Waals surface area contributed by atoms with Gasteiger partial charge in [0.2, 0.25) is 0 Å². The van der Waals surface area contributed by atoms with Gasteiger partial charge in [0.15, 0.2) is 0 Å². The lowest BCUT2D eigenvalue weighted by molar-refractivity contribution is 0.340. The zero-order valence-electron chi connectivity index (χ0n) is 8.83. The molecule has 0 aliphatic rings. The Morgan fingerprint density at radius 2 is 2.20 bits per heavy atom. The minimum Gasteiger partial charge on any atom is -0.494 e. The van der Waals surface area contributed by atoms with Gasteiger partial charge in [0, 0.05) is 17.1 Å². The molecule has 0 radical (unpaired) electrons. The summed E-state index contributed by atoms with van der Waals surface area (Å²) in [6, 6.07) is 5.94. The Hall–Kier alpha value is -1.35. The lowest BCUT2D eigenvalue weighted by Crippen LogP contribution is -1.92. The van der Waals surface area contributed by atoms with E-state index >= 15 is 0 Å². The molecule has 0 amide bonds. The van der Waals surface area contributed by atoms with E-state index in [1.807, 2.05) is 38.2 Å². The highest BCUT2D eigenvalue weighted by molar-refractivity contribution is 7.71. The molecule has 0 aliphatic carbocycles. The maximum Gasteiger partial charge on any atom is 0.120 e. The zero-order chi connectivity index (χ0) is 10.8. The molecule has 0 aliphatic heterocycles.